The van der Waals surface area contributed by atoms with E-state index < -0.39 is 11.9 Å². The average Bonchev–Trinajstić information content (AvgIpc) is 3.04. The zero-order valence-electron chi connectivity index (χ0n) is 20.6. The highest BCUT2D eigenvalue weighted by atomic mass is 32.2. The lowest BCUT2D eigenvalue weighted by Crippen LogP contribution is -2.50. The monoisotopic (exact) mass is 515 g/mol. The van der Waals surface area contributed by atoms with Crippen molar-refractivity contribution in [3.05, 3.63) is 54.1 Å². The van der Waals surface area contributed by atoms with Gasteiger partial charge < -0.3 is 19.8 Å². The largest absolute Gasteiger partial charge is 0.497 e. The molecule has 1 saturated heterocycles. The molecule has 0 aromatic heterocycles. The van der Waals surface area contributed by atoms with Gasteiger partial charge in [-0.2, -0.15) is 0 Å². The molecule has 2 N–H and O–H groups in total. The summed E-state index contributed by atoms with van der Waals surface area (Å²) in [5, 5.41) is 15.3. The molecule has 2 aromatic rings. The normalized spacial score (nSPS) is 18.3. The molecule has 36 heavy (non-hydrogen) atoms. The Morgan fingerprint density at radius 1 is 0.917 bits per heavy atom. The van der Waals surface area contributed by atoms with E-state index in [-0.39, 0.29) is 5.91 Å². The Balaban J connectivity index is 0.000000538. The first kappa shape index (κ1) is 27.5. The van der Waals surface area contributed by atoms with Crippen LogP contribution in [0.2, 0.25) is 0 Å². The number of para-hydroxylation sites is 1. The third-order valence-corrected chi connectivity index (χ3v) is 7.35. The van der Waals surface area contributed by atoms with Gasteiger partial charge in [0.1, 0.15) is 5.75 Å². The van der Waals surface area contributed by atoms with Crippen LogP contribution in [0.3, 0.4) is 0 Å². The van der Waals surface area contributed by atoms with Crippen LogP contribution in [0.4, 0.5) is 5.69 Å². The second kappa shape index (κ2) is 13.3. The number of aliphatic carboxylic acids is 2. The predicted octanol–water partition coefficient (Wildman–Crippen LogP) is 2.89. The van der Waals surface area contributed by atoms with Crippen LogP contribution in [0.5, 0.6) is 5.75 Å². The first-order valence-electron chi connectivity index (χ1n) is 11.9. The number of carboxylic acids is 2. The quantitative estimate of drug-likeness (QED) is 0.581. The summed E-state index contributed by atoms with van der Waals surface area (Å²) in [4.78, 5) is 39.4. The maximum Gasteiger partial charge on any atom is 0.414 e. The van der Waals surface area contributed by atoms with Gasteiger partial charge in [0.05, 0.1) is 19.3 Å². The van der Waals surface area contributed by atoms with Crippen molar-refractivity contribution in [3.63, 3.8) is 0 Å². The highest BCUT2D eigenvalue weighted by Crippen LogP contribution is 2.37. The molecule has 0 radical (unpaired) electrons. The maximum absolute atomic E-state index is 13.2. The van der Waals surface area contributed by atoms with Crippen LogP contribution in [0.1, 0.15) is 18.9 Å². The van der Waals surface area contributed by atoms with Crippen molar-refractivity contribution >= 4 is 35.3 Å². The average molecular weight is 516 g/mol. The van der Waals surface area contributed by atoms with Gasteiger partial charge in [-0.15, -0.1) is 11.8 Å². The zero-order valence-corrected chi connectivity index (χ0v) is 21.4. The van der Waals surface area contributed by atoms with Crippen molar-refractivity contribution in [2.75, 3.05) is 51.3 Å². The number of methoxy groups -OCH3 is 1. The van der Waals surface area contributed by atoms with E-state index in [2.05, 4.69) is 47.1 Å². The molecule has 194 valence electrons. The molecule has 1 atom stereocenters. The van der Waals surface area contributed by atoms with Crippen molar-refractivity contribution in [3.8, 4) is 5.75 Å². The topological polar surface area (TPSA) is 111 Å². The van der Waals surface area contributed by atoms with Crippen molar-refractivity contribution in [2.24, 2.45) is 0 Å². The summed E-state index contributed by atoms with van der Waals surface area (Å²) < 4.78 is 5.24. The molecule has 1 fully saturated rings. The molecule has 9 nitrogen and oxygen atoms in total. The maximum atomic E-state index is 13.2. The first-order chi connectivity index (χ1) is 17.3. The third kappa shape index (κ3) is 7.97. The van der Waals surface area contributed by atoms with E-state index in [0.29, 0.717) is 11.8 Å². The van der Waals surface area contributed by atoms with Crippen LogP contribution in [-0.2, 0) is 20.9 Å². The number of amides is 1. The molecule has 10 heteroatoms. The highest BCUT2D eigenvalue weighted by Gasteiger charge is 2.26. The molecule has 4 rings (SSSR count). The van der Waals surface area contributed by atoms with Crippen LogP contribution >= 0.6 is 11.8 Å². The van der Waals surface area contributed by atoms with E-state index in [1.807, 2.05) is 34.9 Å². The van der Waals surface area contributed by atoms with Gasteiger partial charge in [-0.3, -0.25) is 14.6 Å². The number of ether oxygens (including phenoxy) is 1. The summed E-state index contributed by atoms with van der Waals surface area (Å²) in [5.74, 6) is -2.53. The molecule has 0 aliphatic carbocycles. The fourth-order valence-electron chi connectivity index (χ4n) is 4.12. The van der Waals surface area contributed by atoms with Gasteiger partial charge in [-0.1, -0.05) is 31.2 Å². The summed E-state index contributed by atoms with van der Waals surface area (Å²) in [5.41, 5.74) is 2.38. The molecular formula is C26H33N3O6S. The molecular weight excluding hydrogens is 482 g/mol. The molecule has 0 bridgehead atoms. The highest BCUT2D eigenvalue weighted by molar-refractivity contribution is 8.00. The lowest BCUT2D eigenvalue weighted by atomic mass is 10.2. The Morgan fingerprint density at radius 3 is 2.14 bits per heavy atom. The lowest BCUT2D eigenvalue weighted by molar-refractivity contribution is -0.159. The summed E-state index contributed by atoms with van der Waals surface area (Å²) in [6, 6.07) is 16.6. The molecule has 2 aliphatic rings. The fraction of sp³-hybridized carbons (Fsp3) is 0.423. The molecule has 0 spiro atoms. The Morgan fingerprint density at radius 2 is 1.53 bits per heavy atom. The number of fused-ring (bicyclic) bond motifs is 1. The second-order valence-corrected chi connectivity index (χ2v) is 10.2. The summed E-state index contributed by atoms with van der Waals surface area (Å²) in [6.45, 7) is 8.35. The van der Waals surface area contributed by atoms with E-state index in [9.17, 15) is 4.79 Å². The summed E-state index contributed by atoms with van der Waals surface area (Å²) in [6.07, 6.45) is 1.03. The minimum atomic E-state index is -1.82. The van der Waals surface area contributed by atoms with E-state index in [1.165, 1.54) is 10.5 Å². The minimum Gasteiger partial charge on any atom is -0.497 e. The van der Waals surface area contributed by atoms with Crippen molar-refractivity contribution in [2.45, 2.75) is 30.0 Å². The minimum absolute atomic E-state index is 0.223. The number of carboxylic acid groups (broad SMARTS) is 2. The number of hydrogen-bond acceptors (Lipinski definition) is 7. The van der Waals surface area contributed by atoms with Crippen LogP contribution in [0, 0.1) is 0 Å². The van der Waals surface area contributed by atoms with Crippen molar-refractivity contribution in [1.29, 1.82) is 0 Å². The Labute approximate surface area is 215 Å². The summed E-state index contributed by atoms with van der Waals surface area (Å²) >= 11 is 1.88. The number of carbonyl (C=O) groups excluding carboxylic acids is 1. The van der Waals surface area contributed by atoms with E-state index in [4.69, 9.17) is 24.5 Å². The SMILES string of the molecule is COc1ccc(CN2CCN(CC(=O)N3CCC(C)Sc4ccccc43)CC2)cc1.O=C(O)C(=O)O. The van der Waals surface area contributed by atoms with E-state index in [0.717, 1.165) is 57.1 Å². The Kier molecular flexibility index (Phi) is 10.2. The van der Waals surface area contributed by atoms with E-state index >= 15 is 0 Å². The number of piperazine rings is 1. The van der Waals surface area contributed by atoms with Gasteiger partial charge in [0.2, 0.25) is 5.91 Å². The number of anilines is 1. The Bertz CT molecular complexity index is 1030. The summed E-state index contributed by atoms with van der Waals surface area (Å²) in [7, 11) is 1.69. The number of benzene rings is 2. The predicted molar refractivity (Wildman–Crippen MR) is 139 cm³/mol. The molecule has 0 saturated carbocycles. The lowest BCUT2D eigenvalue weighted by Gasteiger charge is -2.35. The third-order valence-electron chi connectivity index (χ3n) is 6.12. The molecule has 2 aliphatic heterocycles. The number of hydrogen-bond donors (Lipinski definition) is 2. The van der Waals surface area contributed by atoms with Gasteiger partial charge >= 0.3 is 11.9 Å². The van der Waals surface area contributed by atoms with Gasteiger partial charge in [0, 0.05) is 49.4 Å². The van der Waals surface area contributed by atoms with Crippen LogP contribution in [0.15, 0.2) is 53.4 Å². The number of thioether (sulfide) groups is 1. The van der Waals surface area contributed by atoms with Gasteiger partial charge in [-0.05, 0) is 36.2 Å². The number of carbonyl (C=O) groups is 3. The van der Waals surface area contributed by atoms with Crippen LogP contribution in [-0.4, -0.2) is 89.5 Å². The van der Waals surface area contributed by atoms with Crippen LogP contribution < -0.4 is 9.64 Å². The second-order valence-electron chi connectivity index (χ2n) is 8.74. The molecule has 2 heterocycles. The van der Waals surface area contributed by atoms with Crippen molar-refractivity contribution in [1.82, 2.24) is 9.80 Å². The number of rotatable bonds is 5. The van der Waals surface area contributed by atoms with Gasteiger partial charge in [0.25, 0.3) is 0 Å². The standard InChI is InChI=1S/C24H31N3O2S.C2H2O4/c1-19-11-12-27(22-5-3-4-6-23(22)30-19)24(28)18-26-15-13-25(14-16-26)17-20-7-9-21(29-2)10-8-20;3-1(4)2(5)6/h3-10,19H,11-18H2,1-2H3;(H,3,4)(H,5,6). The van der Waals surface area contributed by atoms with E-state index in [1.54, 1.807) is 7.11 Å². The molecule has 2 aromatic carbocycles. The zero-order chi connectivity index (χ0) is 26.1. The molecule has 1 amide bonds. The Hall–Kier alpha value is -3.08. The van der Waals surface area contributed by atoms with Gasteiger partial charge in [-0.25, -0.2) is 9.59 Å². The number of nitrogens with zero attached hydrogens (tertiary/aromatic N) is 3. The van der Waals surface area contributed by atoms with Crippen LogP contribution in [0.25, 0.3) is 0 Å². The smallest absolute Gasteiger partial charge is 0.414 e. The van der Waals surface area contributed by atoms with Crippen molar-refractivity contribution < 1.29 is 29.3 Å². The first-order valence-corrected chi connectivity index (χ1v) is 12.7. The molecule has 1 unspecified atom stereocenters. The fourth-order valence-corrected chi connectivity index (χ4v) is 5.23. The van der Waals surface area contributed by atoms with Gasteiger partial charge in [0.15, 0.2) is 0 Å².